The van der Waals surface area contributed by atoms with Crippen molar-refractivity contribution in [3.8, 4) is 0 Å². The molecule has 0 spiro atoms. The molecule has 8 nitrogen and oxygen atoms in total. The molecule has 0 bridgehead atoms. The van der Waals surface area contributed by atoms with Crippen LogP contribution in [0, 0.1) is 10.1 Å². The van der Waals surface area contributed by atoms with Crippen LogP contribution in [0.2, 0.25) is 0 Å². The molecule has 0 fully saturated rings. The number of aryl methyl sites for hydroxylation is 1. The first-order valence-electron chi connectivity index (χ1n) is 9.33. The Bertz CT molecular complexity index is 1250. The average molecular weight is 409 g/mol. The van der Waals surface area contributed by atoms with E-state index in [1.165, 1.54) is 23.9 Å². The largest absolute Gasteiger partial charge is 0.276 e. The number of para-hydroxylation sites is 1. The minimum absolute atomic E-state index is 0.0548. The summed E-state index contributed by atoms with van der Waals surface area (Å²) < 4.78 is 3.61. The van der Waals surface area contributed by atoms with Gasteiger partial charge in [0.05, 0.1) is 15.8 Å². The lowest BCUT2D eigenvalue weighted by Crippen LogP contribution is -2.23. The lowest BCUT2D eigenvalue weighted by atomic mass is 10.2. The number of rotatable bonds is 7. The van der Waals surface area contributed by atoms with E-state index in [1.54, 1.807) is 16.7 Å². The van der Waals surface area contributed by atoms with Gasteiger partial charge in [0.1, 0.15) is 0 Å². The summed E-state index contributed by atoms with van der Waals surface area (Å²) in [5.41, 5.74) is 1.73. The molecule has 9 heteroatoms. The second-order valence-corrected chi connectivity index (χ2v) is 7.60. The maximum absolute atomic E-state index is 12.9. The number of unbranched alkanes of at least 4 members (excludes halogenated alkanes) is 1. The smallest absolute Gasteiger partial charge is 0.269 e. The molecular weight excluding hydrogens is 390 g/mol. The van der Waals surface area contributed by atoms with Gasteiger partial charge in [0.15, 0.2) is 5.16 Å². The van der Waals surface area contributed by atoms with Crippen molar-refractivity contribution in [1.82, 2.24) is 19.2 Å². The fraction of sp³-hybridized carbons (Fsp3) is 0.250. The van der Waals surface area contributed by atoms with Crippen LogP contribution in [-0.4, -0.2) is 24.1 Å². The molecule has 2 aromatic carbocycles. The summed E-state index contributed by atoms with van der Waals surface area (Å²) in [6.45, 7) is 2.67. The Balaban J connectivity index is 1.74. The van der Waals surface area contributed by atoms with Crippen LogP contribution in [0.5, 0.6) is 0 Å². The molecule has 29 heavy (non-hydrogen) atoms. The van der Waals surface area contributed by atoms with Crippen LogP contribution in [0.25, 0.3) is 16.7 Å². The van der Waals surface area contributed by atoms with Gasteiger partial charge in [-0.15, -0.1) is 10.2 Å². The number of nitro groups is 1. The van der Waals surface area contributed by atoms with E-state index in [4.69, 9.17) is 0 Å². The molecule has 0 aliphatic rings. The van der Waals surface area contributed by atoms with Crippen LogP contribution in [0.15, 0.2) is 58.5 Å². The summed E-state index contributed by atoms with van der Waals surface area (Å²) in [5, 5.41) is 20.7. The fourth-order valence-electron chi connectivity index (χ4n) is 3.21. The summed E-state index contributed by atoms with van der Waals surface area (Å²) in [6.07, 6.45) is 1.85. The van der Waals surface area contributed by atoms with E-state index in [9.17, 15) is 14.9 Å². The molecule has 2 aromatic heterocycles. The second-order valence-electron chi connectivity index (χ2n) is 6.66. The van der Waals surface area contributed by atoms with Gasteiger partial charge < -0.3 is 0 Å². The average Bonchev–Trinajstić information content (AvgIpc) is 3.16. The quantitative estimate of drug-likeness (QED) is 0.260. The maximum Gasteiger partial charge on any atom is 0.269 e. The number of hydrogen-bond donors (Lipinski definition) is 0. The highest BCUT2D eigenvalue weighted by Crippen LogP contribution is 2.25. The first kappa shape index (κ1) is 19.1. The predicted molar refractivity (Wildman–Crippen MR) is 112 cm³/mol. The zero-order valence-corrected chi connectivity index (χ0v) is 16.6. The summed E-state index contributed by atoms with van der Waals surface area (Å²) in [4.78, 5) is 23.3. The lowest BCUT2D eigenvalue weighted by Gasteiger charge is -2.10. The van der Waals surface area contributed by atoms with Gasteiger partial charge in [-0.2, -0.15) is 0 Å². The van der Waals surface area contributed by atoms with Crippen molar-refractivity contribution in [3.63, 3.8) is 0 Å². The van der Waals surface area contributed by atoms with Gasteiger partial charge in [-0.25, -0.2) is 0 Å². The van der Waals surface area contributed by atoms with Crippen molar-refractivity contribution < 1.29 is 4.92 Å². The molecule has 0 amide bonds. The van der Waals surface area contributed by atoms with Gasteiger partial charge in [-0.1, -0.05) is 49.4 Å². The standard InChI is InChI=1S/C20H19N5O3S/c1-2-3-12-23-18(26)16-6-4-5-7-17(16)24-19(23)21-22-20(24)29-13-14-8-10-15(11-9-14)25(27)28/h4-11H,2-3,12-13H2,1H3. The van der Waals surface area contributed by atoms with E-state index in [2.05, 4.69) is 17.1 Å². The van der Waals surface area contributed by atoms with E-state index in [-0.39, 0.29) is 11.2 Å². The highest BCUT2D eigenvalue weighted by molar-refractivity contribution is 7.98. The topological polar surface area (TPSA) is 95.3 Å². The normalized spacial score (nSPS) is 11.3. The number of non-ortho nitro benzene ring substituents is 1. The minimum Gasteiger partial charge on any atom is -0.276 e. The Morgan fingerprint density at radius 2 is 1.86 bits per heavy atom. The third kappa shape index (κ3) is 3.61. The van der Waals surface area contributed by atoms with Crippen LogP contribution in [0.4, 0.5) is 5.69 Å². The molecule has 0 aliphatic carbocycles. The molecule has 4 rings (SSSR count). The number of benzene rings is 2. The number of nitrogens with zero attached hydrogens (tertiary/aromatic N) is 5. The van der Waals surface area contributed by atoms with Gasteiger partial charge in [0, 0.05) is 24.4 Å². The fourth-order valence-corrected chi connectivity index (χ4v) is 4.10. The first-order valence-corrected chi connectivity index (χ1v) is 10.3. The molecule has 0 unspecified atom stereocenters. The number of nitro benzene ring substituents is 1. The van der Waals surface area contributed by atoms with Crippen LogP contribution in [0.1, 0.15) is 25.3 Å². The summed E-state index contributed by atoms with van der Waals surface area (Å²) in [5.74, 6) is 1.12. The molecule has 0 N–H and O–H groups in total. The summed E-state index contributed by atoms with van der Waals surface area (Å²) in [7, 11) is 0. The Labute approximate surface area is 170 Å². The molecule has 4 aromatic rings. The molecule has 2 heterocycles. The van der Waals surface area contributed by atoms with Crippen molar-refractivity contribution in [2.24, 2.45) is 0 Å². The number of thioether (sulfide) groups is 1. The zero-order chi connectivity index (χ0) is 20.4. The highest BCUT2D eigenvalue weighted by Gasteiger charge is 2.16. The van der Waals surface area contributed by atoms with Gasteiger partial charge in [0.25, 0.3) is 11.2 Å². The van der Waals surface area contributed by atoms with Gasteiger partial charge >= 0.3 is 0 Å². The Hall–Kier alpha value is -3.20. The Morgan fingerprint density at radius 3 is 2.59 bits per heavy atom. The van der Waals surface area contributed by atoms with E-state index >= 15 is 0 Å². The second kappa shape index (κ2) is 8.04. The molecule has 0 radical (unpaired) electrons. The van der Waals surface area contributed by atoms with Gasteiger partial charge in [-0.3, -0.25) is 23.9 Å². The molecule has 0 aliphatic heterocycles. The van der Waals surface area contributed by atoms with Crippen LogP contribution in [0.3, 0.4) is 0 Å². The van der Waals surface area contributed by atoms with Crippen molar-refractivity contribution in [1.29, 1.82) is 0 Å². The van der Waals surface area contributed by atoms with Gasteiger partial charge in [-0.05, 0) is 24.1 Å². The number of fused-ring (bicyclic) bond motifs is 3. The molecule has 0 atom stereocenters. The van der Waals surface area contributed by atoms with E-state index in [0.717, 1.165) is 23.9 Å². The predicted octanol–water partition coefficient (Wildman–Crippen LogP) is 4.04. The Morgan fingerprint density at radius 1 is 1.10 bits per heavy atom. The van der Waals surface area contributed by atoms with Crippen LogP contribution >= 0.6 is 11.8 Å². The van der Waals surface area contributed by atoms with Crippen molar-refractivity contribution in [3.05, 3.63) is 74.6 Å². The maximum atomic E-state index is 12.9. The van der Waals surface area contributed by atoms with E-state index < -0.39 is 4.92 Å². The van der Waals surface area contributed by atoms with Crippen LogP contribution < -0.4 is 5.56 Å². The number of hydrogen-bond acceptors (Lipinski definition) is 6. The molecular formula is C20H19N5O3S. The Kier molecular flexibility index (Phi) is 5.30. The zero-order valence-electron chi connectivity index (χ0n) is 15.8. The highest BCUT2D eigenvalue weighted by atomic mass is 32.2. The van der Waals surface area contributed by atoms with E-state index in [1.807, 2.05) is 28.7 Å². The lowest BCUT2D eigenvalue weighted by molar-refractivity contribution is -0.384. The molecule has 148 valence electrons. The van der Waals surface area contributed by atoms with E-state index in [0.29, 0.717) is 28.6 Å². The van der Waals surface area contributed by atoms with Gasteiger partial charge in [0.2, 0.25) is 5.78 Å². The van der Waals surface area contributed by atoms with Crippen molar-refractivity contribution in [2.45, 2.75) is 37.2 Å². The SMILES string of the molecule is CCCCn1c(=O)c2ccccc2n2c(SCc3ccc([N+](=O)[O-])cc3)nnc12. The monoisotopic (exact) mass is 409 g/mol. The van der Waals surface area contributed by atoms with Crippen LogP contribution in [-0.2, 0) is 12.3 Å². The minimum atomic E-state index is -0.412. The third-order valence-electron chi connectivity index (χ3n) is 4.73. The first-order chi connectivity index (χ1) is 14.1. The van der Waals surface area contributed by atoms with Crippen molar-refractivity contribution >= 4 is 34.1 Å². The van der Waals surface area contributed by atoms with Crippen molar-refractivity contribution in [2.75, 3.05) is 0 Å². The summed E-state index contributed by atoms with van der Waals surface area (Å²) >= 11 is 1.48. The molecule has 0 saturated carbocycles. The number of aromatic nitrogens is 4. The third-order valence-corrected chi connectivity index (χ3v) is 5.73. The summed E-state index contributed by atoms with van der Waals surface area (Å²) in [6, 6.07) is 13.9. The molecule has 0 saturated heterocycles.